The zero-order chi connectivity index (χ0) is 12.5. The minimum absolute atomic E-state index is 0.0345. The van der Waals surface area contributed by atoms with Gasteiger partial charge in [-0.2, -0.15) is 0 Å². The first-order chi connectivity index (χ1) is 8.25. The van der Waals surface area contributed by atoms with Crippen molar-refractivity contribution in [1.29, 1.82) is 0 Å². The fraction of sp³-hybridized carbons (Fsp3) is 0.857. The monoisotopic (exact) mass is 239 g/mol. The Morgan fingerprint density at radius 1 is 0.882 bits per heavy atom. The first-order valence-electron chi connectivity index (χ1n) is 7.09. The number of hydrogen-bond donors (Lipinski definition) is 0. The van der Waals surface area contributed by atoms with Crippen LogP contribution in [0.2, 0.25) is 0 Å². The van der Waals surface area contributed by atoms with E-state index >= 15 is 0 Å². The van der Waals surface area contributed by atoms with Crippen molar-refractivity contribution in [2.75, 3.05) is 6.54 Å². The molecule has 0 aromatic carbocycles. The van der Waals surface area contributed by atoms with Crippen LogP contribution in [0.4, 0.5) is 0 Å². The molecular formula is C14H25NO2. The lowest BCUT2D eigenvalue weighted by Gasteiger charge is -2.24. The summed E-state index contributed by atoms with van der Waals surface area (Å²) in [6, 6.07) is 0. The lowest BCUT2D eigenvalue weighted by molar-refractivity contribution is -0.147. The average Bonchev–Trinajstić information content (AvgIpc) is 2.31. The number of likely N-dealkylation sites (tertiary alicyclic amines) is 1. The maximum atomic E-state index is 11.5. The molecule has 0 atom stereocenters. The Morgan fingerprint density at radius 3 is 2.00 bits per heavy atom. The predicted molar refractivity (Wildman–Crippen MR) is 68.6 cm³/mol. The second-order valence-corrected chi connectivity index (χ2v) is 4.91. The number of unbranched alkanes of at least 4 members (excludes halogenated alkanes) is 6. The highest BCUT2D eigenvalue weighted by Crippen LogP contribution is 2.14. The molecule has 1 fully saturated rings. The van der Waals surface area contributed by atoms with Crippen LogP contribution in [0.5, 0.6) is 0 Å². The summed E-state index contributed by atoms with van der Waals surface area (Å²) in [6.07, 6.45) is 10.4. The highest BCUT2D eigenvalue weighted by molar-refractivity contribution is 5.97. The fourth-order valence-corrected chi connectivity index (χ4v) is 2.28. The Labute approximate surface area is 105 Å². The third kappa shape index (κ3) is 5.33. The largest absolute Gasteiger partial charge is 0.283 e. The van der Waals surface area contributed by atoms with Crippen molar-refractivity contribution in [2.24, 2.45) is 0 Å². The Balaban J connectivity index is 2.05. The third-order valence-electron chi connectivity index (χ3n) is 3.37. The summed E-state index contributed by atoms with van der Waals surface area (Å²) in [7, 11) is 0. The molecule has 0 aromatic heterocycles. The van der Waals surface area contributed by atoms with Gasteiger partial charge in [-0.05, 0) is 12.8 Å². The van der Waals surface area contributed by atoms with Gasteiger partial charge in [0.15, 0.2) is 0 Å². The number of nitrogens with zero attached hydrogens (tertiary/aromatic N) is 1. The second-order valence-electron chi connectivity index (χ2n) is 4.91. The average molecular weight is 239 g/mol. The maximum absolute atomic E-state index is 11.5. The van der Waals surface area contributed by atoms with E-state index in [1.807, 2.05) is 0 Å². The van der Waals surface area contributed by atoms with E-state index in [9.17, 15) is 9.59 Å². The Hall–Kier alpha value is -0.860. The molecule has 0 bridgehead atoms. The van der Waals surface area contributed by atoms with Gasteiger partial charge in [-0.25, -0.2) is 0 Å². The first kappa shape index (κ1) is 14.2. The molecule has 0 spiro atoms. The van der Waals surface area contributed by atoms with Gasteiger partial charge in [-0.1, -0.05) is 45.4 Å². The molecular weight excluding hydrogens is 214 g/mol. The molecule has 1 saturated heterocycles. The van der Waals surface area contributed by atoms with E-state index in [4.69, 9.17) is 0 Å². The topological polar surface area (TPSA) is 37.4 Å². The molecule has 0 aromatic rings. The standard InChI is InChI=1S/C14H25NO2/c1-2-3-4-5-6-7-8-12-15-13(16)10-9-11-14(15)17/h2-12H2,1H3. The van der Waals surface area contributed by atoms with Gasteiger partial charge in [0, 0.05) is 19.4 Å². The number of piperidine rings is 1. The van der Waals surface area contributed by atoms with E-state index in [1.54, 1.807) is 0 Å². The van der Waals surface area contributed by atoms with Gasteiger partial charge in [0.05, 0.1) is 0 Å². The summed E-state index contributed by atoms with van der Waals surface area (Å²) >= 11 is 0. The van der Waals surface area contributed by atoms with E-state index < -0.39 is 0 Å². The van der Waals surface area contributed by atoms with E-state index in [0.29, 0.717) is 19.4 Å². The SMILES string of the molecule is CCCCCCCCCN1C(=O)CCCC1=O. The normalized spacial score (nSPS) is 16.6. The van der Waals surface area contributed by atoms with Gasteiger partial charge >= 0.3 is 0 Å². The van der Waals surface area contributed by atoms with Crippen LogP contribution in [0.3, 0.4) is 0 Å². The van der Waals surface area contributed by atoms with Gasteiger partial charge in [0.25, 0.3) is 0 Å². The van der Waals surface area contributed by atoms with E-state index in [-0.39, 0.29) is 11.8 Å². The number of imide groups is 1. The summed E-state index contributed by atoms with van der Waals surface area (Å²) in [5.41, 5.74) is 0. The maximum Gasteiger partial charge on any atom is 0.229 e. The second kappa shape index (κ2) is 8.26. The molecule has 2 amide bonds. The van der Waals surface area contributed by atoms with Crippen LogP contribution in [0, 0.1) is 0 Å². The zero-order valence-electron chi connectivity index (χ0n) is 11.0. The molecule has 98 valence electrons. The van der Waals surface area contributed by atoms with Crippen molar-refractivity contribution >= 4 is 11.8 Å². The molecule has 1 heterocycles. The van der Waals surface area contributed by atoms with Gasteiger partial charge in [-0.15, -0.1) is 0 Å². The molecule has 3 nitrogen and oxygen atoms in total. The molecule has 17 heavy (non-hydrogen) atoms. The van der Waals surface area contributed by atoms with Gasteiger partial charge in [0.1, 0.15) is 0 Å². The molecule has 0 aliphatic carbocycles. The summed E-state index contributed by atoms with van der Waals surface area (Å²) in [5.74, 6) is 0.0689. The van der Waals surface area contributed by atoms with Crippen molar-refractivity contribution in [2.45, 2.75) is 71.1 Å². The molecule has 0 saturated carbocycles. The highest BCUT2D eigenvalue weighted by atomic mass is 16.2. The summed E-state index contributed by atoms with van der Waals surface area (Å²) in [6.45, 7) is 2.86. The van der Waals surface area contributed by atoms with E-state index in [1.165, 1.54) is 37.0 Å². The molecule has 1 aliphatic heterocycles. The van der Waals surface area contributed by atoms with Crippen LogP contribution in [-0.2, 0) is 9.59 Å². The van der Waals surface area contributed by atoms with E-state index in [2.05, 4.69) is 6.92 Å². The van der Waals surface area contributed by atoms with Crippen LogP contribution in [0.1, 0.15) is 71.1 Å². The number of carbonyl (C=O) groups is 2. The van der Waals surface area contributed by atoms with Crippen molar-refractivity contribution in [3.63, 3.8) is 0 Å². The minimum Gasteiger partial charge on any atom is -0.283 e. The molecule has 3 heteroatoms. The minimum atomic E-state index is 0.0345. The number of rotatable bonds is 8. The molecule has 0 radical (unpaired) electrons. The van der Waals surface area contributed by atoms with Gasteiger partial charge in [-0.3, -0.25) is 14.5 Å². The smallest absolute Gasteiger partial charge is 0.229 e. The quantitative estimate of drug-likeness (QED) is 0.481. The molecule has 0 unspecified atom stereocenters. The lowest BCUT2D eigenvalue weighted by atomic mass is 10.1. The molecule has 1 rings (SSSR count). The van der Waals surface area contributed by atoms with Crippen LogP contribution >= 0.6 is 0 Å². The van der Waals surface area contributed by atoms with Crippen LogP contribution in [-0.4, -0.2) is 23.3 Å². The Morgan fingerprint density at radius 2 is 1.41 bits per heavy atom. The summed E-state index contributed by atoms with van der Waals surface area (Å²) < 4.78 is 0. The van der Waals surface area contributed by atoms with Crippen molar-refractivity contribution in [1.82, 2.24) is 4.90 Å². The fourth-order valence-electron chi connectivity index (χ4n) is 2.28. The third-order valence-corrected chi connectivity index (χ3v) is 3.37. The van der Waals surface area contributed by atoms with Crippen molar-refractivity contribution in [3.05, 3.63) is 0 Å². The van der Waals surface area contributed by atoms with Gasteiger partial charge < -0.3 is 0 Å². The lowest BCUT2D eigenvalue weighted by Crippen LogP contribution is -2.40. The molecule has 1 aliphatic rings. The van der Waals surface area contributed by atoms with Crippen LogP contribution in [0.25, 0.3) is 0 Å². The van der Waals surface area contributed by atoms with E-state index in [0.717, 1.165) is 19.3 Å². The van der Waals surface area contributed by atoms with Crippen molar-refractivity contribution < 1.29 is 9.59 Å². The number of carbonyl (C=O) groups excluding carboxylic acids is 2. The Bertz CT molecular complexity index is 235. The number of hydrogen-bond acceptors (Lipinski definition) is 2. The summed E-state index contributed by atoms with van der Waals surface area (Å²) in [4.78, 5) is 24.5. The molecule has 0 N–H and O–H groups in total. The predicted octanol–water partition coefficient (Wildman–Crippen LogP) is 3.28. The first-order valence-corrected chi connectivity index (χ1v) is 7.09. The van der Waals surface area contributed by atoms with Gasteiger partial charge in [0.2, 0.25) is 11.8 Å². The van der Waals surface area contributed by atoms with Crippen molar-refractivity contribution in [3.8, 4) is 0 Å². The highest BCUT2D eigenvalue weighted by Gasteiger charge is 2.24. The summed E-state index contributed by atoms with van der Waals surface area (Å²) in [5, 5.41) is 0. The number of amides is 2. The van der Waals surface area contributed by atoms with Crippen LogP contribution in [0.15, 0.2) is 0 Å². The van der Waals surface area contributed by atoms with Crippen LogP contribution < -0.4 is 0 Å². The Kier molecular flexibility index (Phi) is 6.90. The zero-order valence-corrected chi connectivity index (χ0v) is 11.0.